The molecule has 0 aromatic carbocycles. The molecule has 16 heavy (non-hydrogen) atoms. The van der Waals surface area contributed by atoms with E-state index in [9.17, 15) is 8.42 Å². The van der Waals surface area contributed by atoms with Gasteiger partial charge in [-0.2, -0.15) is 0 Å². The van der Waals surface area contributed by atoms with Crippen molar-refractivity contribution in [3.05, 3.63) is 0 Å². The van der Waals surface area contributed by atoms with Crippen molar-refractivity contribution in [2.45, 2.75) is 45.1 Å². The third kappa shape index (κ3) is 9.39. The maximum atomic E-state index is 11.5. The van der Waals surface area contributed by atoms with Gasteiger partial charge in [0, 0.05) is 11.9 Å². The predicted molar refractivity (Wildman–Crippen MR) is 67.4 cm³/mol. The largest absolute Gasteiger partial charge is 0.378 e. The van der Waals surface area contributed by atoms with Crippen molar-refractivity contribution >= 4 is 21.6 Å². The molecule has 1 atom stereocenters. The van der Waals surface area contributed by atoms with E-state index in [0.717, 1.165) is 12.8 Å². The number of rotatable bonds is 9. The fourth-order valence-corrected chi connectivity index (χ4v) is 2.40. The molecule has 0 spiro atoms. The fourth-order valence-electron chi connectivity index (χ4n) is 1.10. The second-order valence-electron chi connectivity index (χ2n) is 3.97. The number of alkyl halides is 1. The number of sulfonamides is 1. The van der Waals surface area contributed by atoms with Gasteiger partial charge < -0.3 is 4.74 Å². The van der Waals surface area contributed by atoms with E-state index in [1.165, 1.54) is 0 Å². The molecule has 0 rings (SSSR count). The van der Waals surface area contributed by atoms with E-state index in [-0.39, 0.29) is 23.8 Å². The van der Waals surface area contributed by atoms with Crippen LogP contribution < -0.4 is 4.72 Å². The Kier molecular flexibility index (Phi) is 8.36. The van der Waals surface area contributed by atoms with E-state index in [1.54, 1.807) is 0 Å². The molecule has 0 fully saturated rings. The molecule has 6 heteroatoms. The van der Waals surface area contributed by atoms with Crippen LogP contribution in [-0.2, 0) is 14.8 Å². The van der Waals surface area contributed by atoms with Gasteiger partial charge in [0.2, 0.25) is 10.0 Å². The maximum absolute atomic E-state index is 11.5. The second kappa shape index (κ2) is 8.28. The summed E-state index contributed by atoms with van der Waals surface area (Å²) in [5.74, 6) is -0.0130. The molecule has 1 unspecified atom stereocenters. The highest BCUT2D eigenvalue weighted by Crippen LogP contribution is 2.03. The lowest BCUT2D eigenvalue weighted by Gasteiger charge is -2.11. The third-order valence-electron chi connectivity index (χ3n) is 1.93. The van der Waals surface area contributed by atoms with Crippen molar-refractivity contribution < 1.29 is 13.2 Å². The number of nitrogens with one attached hydrogen (secondary N) is 1. The van der Waals surface area contributed by atoms with Gasteiger partial charge in [-0.25, -0.2) is 13.1 Å². The van der Waals surface area contributed by atoms with Crippen molar-refractivity contribution in [2.75, 3.05) is 18.9 Å². The van der Waals surface area contributed by atoms with E-state index in [1.807, 2.05) is 20.8 Å². The Balaban J connectivity index is 3.78. The fraction of sp³-hybridized carbons (Fsp3) is 1.00. The third-order valence-corrected chi connectivity index (χ3v) is 3.61. The molecule has 98 valence electrons. The standard InChI is InChI=1S/C10H22ClNO3S/c1-4-5-10(11)8-12-16(13,14)7-6-15-9(2)3/h9-10,12H,4-8H2,1-3H3. The molecule has 0 aliphatic carbocycles. The van der Waals surface area contributed by atoms with Crippen molar-refractivity contribution in [1.29, 1.82) is 0 Å². The van der Waals surface area contributed by atoms with Crippen LogP contribution in [-0.4, -0.2) is 38.8 Å². The van der Waals surface area contributed by atoms with Crippen molar-refractivity contribution in [3.8, 4) is 0 Å². The molecule has 0 amide bonds. The van der Waals surface area contributed by atoms with Crippen molar-refractivity contribution in [2.24, 2.45) is 0 Å². The summed E-state index contributed by atoms with van der Waals surface area (Å²) in [5.41, 5.74) is 0. The smallest absolute Gasteiger partial charge is 0.213 e. The summed E-state index contributed by atoms with van der Waals surface area (Å²) in [6, 6.07) is 0. The zero-order valence-electron chi connectivity index (χ0n) is 10.2. The van der Waals surface area contributed by atoms with Crippen LogP contribution >= 0.6 is 11.6 Å². The van der Waals surface area contributed by atoms with E-state index in [0.29, 0.717) is 6.54 Å². The maximum Gasteiger partial charge on any atom is 0.213 e. The van der Waals surface area contributed by atoms with Crippen LogP contribution in [0.2, 0.25) is 0 Å². The average Bonchev–Trinajstić information content (AvgIpc) is 2.14. The molecule has 0 aromatic heterocycles. The molecule has 0 saturated heterocycles. The minimum absolute atomic E-state index is 0.0130. The Morgan fingerprint density at radius 1 is 1.38 bits per heavy atom. The lowest BCUT2D eigenvalue weighted by atomic mass is 10.2. The summed E-state index contributed by atoms with van der Waals surface area (Å²) < 4.78 is 30.6. The van der Waals surface area contributed by atoms with E-state index >= 15 is 0 Å². The topological polar surface area (TPSA) is 55.4 Å². The quantitative estimate of drug-likeness (QED) is 0.650. The normalized spacial score (nSPS) is 14.3. The van der Waals surface area contributed by atoms with E-state index < -0.39 is 10.0 Å². The van der Waals surface area contributed by atoms with Crippen LogP contribution in [0.15, 0.2) is 0 Å². The van der Waals surface area contributed by atoms with Crippen molar-refractivity contribution in [3.63, 3.8) is 0 Å². The molecule has 0 aliphatic rings. The summed E-state index contributed by atoms with van der Waals surface area (Å²) in [5, 5.41) is -0.134. The first-order chi connectivity index (χ1) is 7.37. The number of hydrogen-bond donors (Lipinski definition) is 1. The molecular weight excluding hydrogens is 250 g/mol. The van der Waals surface area contributed by atoms with Crippen LogP contribution in [0.4, 0.5) is 0 Å². The van der Waals surface area contributed by atoms with Gasteiger partial charge in [-0.3, -0.25) is 0 Å². The van der Waals surface area contributed by atoms with Gasteiger partial charge >= 0.3 is 0 Å². The first-order valence-corrected chi connectivity index (χ1v) is 7.69. The minimum atomic E-state index is -3.25. The Morgan fingerprint density at radius 2 is 2.00 bits per heavy atom. The SMILES string of the molecule is CCCC(Cl)CNS(=O)(=O)CCOC(C)C. The Morgan fingerprint density at radius 3 is 2.50 bits per heavy atom. The molecule has 0 aromatic rings. The van der Waals surface area contributed by atoms with Gasteiger partial charge in [0.05, 0.1) is 18.5 Å². The van der Waals surface area contributed by atoms with Gasteiger partial charge in [-0.15, -0.1) is 11.6 Å². The highest BCUT2D eigenvalue weighted by Gasteiger charge is 2.12. The summed E-state index contributed by atoms with van der Waals surface area (Å²) in [6.07, 6.45) is 1.81. The predicted octanol–water partition coefficient (Wildman–Crippen LogP) is 1.74. The Hall–Kier alpha value is 0.160. The van der Waals surface area contributed by atoms with Gasteiger partial charge in [0.25, 0.3) is 0 Å². The molecule has 0 aliphatic heterocycles. The highest BCUT2D eigenvalue weighted by atomic mass is 35.5. The Labute approximate surface area is 104 Å². The van der Waals surface area contributed by atoms with Gasteiger partial charge in [0.1, 0.15) is 0 Å². The molecule has 0 saturated carbocycles. The van der Waals surface area contributed by atoms with Crippen molar-refractivity contribution in [1.82, 2.24) is 4.72 Å². The highest BCUT2D eigenvalue weighted by molar-refractivity contribution is 7.89. The first-order valence-electron chi connectivity index (χ1n) is 5.60. The number of ether oxygens (including phenoxy) is 1. The monoisotopic (exact) mass is 271 g/mol. The Bertz CT molecular complexity index is 267. The molecular formula is C10H22ClNO3S. The molecule has 0 heterocycles. The molecule has 4 nitrogen and oxygen atoms in total. The first kappa shape index (κ1) is 16.2. The molecule has 1 N–H and O–H groups in total. The zero-order chi connectivity index (χ0) is 12.6. The van der Waals surface area contributed by atoms with Crippen LogP contribution in [0.1, 0.15) is 33.6 Å². The van der Waals surface area contributed by atoms with Crippen LogP contribution in [0.3, 0.4) is 0 Å². The second-order valence-corrected chi connectivity index (χ2v) is 6.52. The van der Waals surface area contributed by atoms with Gasteiger partial charge in [0.15, 0.2) is 0 Å². The van der Waals surface area contributed by atoms with Crippen LogP contribution in [0.5, 0.6) is 0 Å². The summed E-state index contributed by atoms with van der Waals surface area (Å²) in [4.78, 5) is 0. The number of hydrogen-bond acceptors (Lipinski definition) is 3. The molecule has 0 bridgehead atoms. The lowest BCUT2D eigenvalue weighted by Crippen LogP contribution is -2.33. The zero-order valence-corrected chi connectivity index (χ0v) is 11.8. The van der Waals surface area contributed by atoms with E-state index in [4.69, 9.17) is 16.3 Å². The van der Waals surface area contributed by atoms with Crippen LogP contribution in [0.25, 0.3) is 0 Å². The summed E-state index contributed by atoms with van der Waals surface area (Å²) >= 11 is 5.91. The summed E-state index contributed by atoms with van der Waals surface area (Å²) in [6.45, 7) is 6.26. The van der Waals surface area contributed by atoms with Crippen LogP contribution in [0, 0.1) is 0 Å². The van der Waals surface area contributed by atoms with Gasteiger partial charge in [-0.05, 0) is 20.3 Å². The van der Waals surface area contributed by atoms with E-state index in [2.05, 4.69) is 4.72 Å². The molecule has 0 radical (unpaired) electrons. The number of halogens is 1. The van der Waals surface area contributed by atoms with Gasteiger partial charge in [-0.1, -0.05) is 13.3 Å². The average molecular weight is 272 g/mol. The summed E-state index contributed by atoms with van der Waals surface area (Å²) in [7, 11) is -3.25. The minimum Gasteiger partial charge on any atom is -0.378 e. The lowest BCUT2D eigenvalue weighted by molar-refractivity contribution is 0.0911.